The van der Waals surface area contributed by atoms with Crippen molar-refractivity contribution >= 4 is 16.6 Å². The number of anilines is 1. The summed E-state index contributed by atoms with van der Waals surface area (Å²) in [6.07, 6.45) is 10.3. The summed E-state index contributed by atoms with van der Waals surface area (Å²) in [5, 5.41) is 14.8. The zero-order valence-corrected chi connectivity index (χ0v) is 20.5. The van der Waals surface area contributed by atoms with Crippen LogP contribution >= 0.6 is 0 Å². The first-order valence-corrected chi connectivity index (χ1v) is 11.9. The third kappa shape index (κ3) is 7.18. The van der Waals surface area contributed by atoms with Crippen LogP contribution in [-0.4, -0.2) is 22.8 Å². The van der Waals surface area contributed by atoms with Crippen LogP contribution in [0.3, 0.4) is 0 Å². The van der Waals surface area contributed by atoms with Crippen LogP contribution in [0.25, 0.3) is 10.9 Å². The van der Waals surface area contributed by atoms with Crippen molar-refractivity contribution in [3.05, 3.63) is 51.9 Å². The van der Waals surface area contributed by atoms with Gasteiger partial charge in [0.1, 0.15) is 0 Å². The van der Waals surface area contributed by atoms with Crippen LogP contribution in [0.1, 0.15) is 73.1 Å². The molecule has 0 saturated heterocycles. The molecule has 5 nitrogen and oxygen atoms in total. The second-order valence-electron chi connectivity index (χ2n) is 8.67. The van der Waals surface area contributed by atoms with Crippen LogP contribution in [-0.2, 0) is 6.54 Å². The third-order valence-electron chi connectivity index (χ3n) is 5.53. The predicted octanol–water partition coefficient (Wildman–Crippen LogP) is 6.79. The maximum Gasteiger partial charge on any atom is 0.297 e. The molecule has 0 atom stereocenters. The number of ether oxygens (including phenoxy) is 1. The molecule has 1 aromatic heterocycles. The fourth-order valence-electron chi connectivity index (χ4n) is 3.54. The van der Waals surface area contributed by atoms with Gasteiger partial charge in [0, 0.05) is 24.2 Å². The Balaban J connectivity index is 2.28. The lowest BCUT2D eigenvalue weighted by molar-refractivity contribution is 0.287. The Bertz CT molecular complexity index is 998. The molecule has 2 N–H and O–H groups in total. The SMILES string of the molecule is CCCCOc1c(O)c2ccc(NCC=C(C)CCC=C(C)C)cc2n(CCCC)c1=O. The minimum atomic E-state index is -0.258. The van der Waals surface area contributed by atoms with Gasteiger partial charge in [-0.15, -0.1) is 0 Å². The summed E-state index contributed by atoms with van der Waals surface area (Å²) in [7, 11) is 0. The number of aryl methyl sites for hydroxylation is 1. The van der Waals surface area contributed by atoms with Gasteiger partial charge in [0.25, 0.3) is 5.56 Å². The van der Waals surface area contributed by atoms with Crippen molar-refractivity contribution in [3.63, 3.8) is 0 Å². The Labute approximate surface area is 192 Å². The van der Waals surface area contributed by atoms with E-state index >= 15 is 0 Å². The van der Waals surface area contributed by atoms with Crippen LogP contribution in [0.4, 0.5) is 5.69 Å². The van der Waals surface area contributed by atoms with Gasteiger partial charge in [-0.1, -0.05) is 50.0 Å². The van der Waals surface area contributed by atoms with Gasteiger partial charge in [-0.2, -0.15) is 0 Å². The Kier molecular flexibility index (Phi) is 10.4. The van der Waals surface area contributed by atoms with Gasteiger partial charge >= 0.3 is 0 Å². The molecule has 1 aromatic carbocycles. The second-order valence-corrected chi connectivity index (χ2v) is 8.67. The number of benzene rings is 1. The van der Waals surface area contributed by atoms with E-state index in [0.29, 0.717) is 18.5 Å². The normalized spacial score (nSPS) is 11.6. The first kappa shape index (κ1) is 25.6. The Morgan fingerprint density at radius 2 is 1.88 bits per heavy atom. The Morgan fingerprint density at radius 1 is 1.12 bits per heavy atom. The number of nitrogens with zero attached hydrogens (tertiary/aromatic N) is 1. The molecule has 0 aliphatic heterocycles. The van der Waals surface area contributed by atoms with Crippen molar-refractivity contribution in [1.29, 1.82) is 0 Å². The highest BCUT2D eigenvalue weighted by Gasteiger charge is 2.18. The standard InChI is InChI=1S/C27H40N2O3/c1-6-8-17-29-24-19-22(28-16-15-21(5)12-10-11-20(3)4)13-14-23(24)25(30)26(27(29)31)32-18-9-7-2/h11,13-15,19,28,30H,6-10,12,16-18H2,1-5H3. The molecule has 0 unspecified atom stereocenters. The highest BCUT2D eigenvalue weighted by molar-refractivity contribution is 5.90. The van der Waals surface area contributed by atoms with Gasteiger partial charge in [-0.05, 0) is 64.7 Å². The molecule has 5 heteroatoms. The summed E-state index contributed by atoms with van der Waals surface area (Å²) in [6, 6.07) is 5.76. The van der Waals surface area contributed by atoms with Gasteiger partial charge in [0.15, 0.2) is 5.75 Å². The summed E-state index contributed by atoms with van der Waals surface area (Å²) in [5.74, 6) is 0.00750. The number of aromatic nitrogens is 1. The average molecular weight is 441 g/mol. The number of hydrogen-bond donors (Lipinski definition) is 2. The maximum atomic E-state index is 13.1. The summed E-state index contributed by atoms with van der Waals surface area (Å²) in [4.78, 5) is 13.1. The third-order valence-corrected chi connectivity index (χ3v) is 5.53. The topological polar surface area (TPSA) is 63.5 Å². The van der Waals surface area contributed by atoms with E-state index in [1.165, 1.54) is 11.1 Å². The number of pyridine rings is 1. The highest BCUT2D eigenvalue weighted by Crippen LogP contribution is 2.33. The van der Waals surface area contributed by atoms with Crippen molar-refractivity contribution in [3.8, 4) is 11.5 Å². The number of aromatic hydroxyl groups is 1. The molecule has 0 fully saturated rings. The molecule has 0 aliphatic rings. The number of unbranched alkanes of at least 4 members (excludes halogenated alkanes) is 2. The smallest absolute Gasteiger partial charge is 0.297 e. The molecule has 0 bridgehead atoms. The molecular formula is C27H40N2O3. The molecular weight excluding hydrogens is 400 g/mol. The van der Waals surface area contributed by atoms with Gasteiger partial charge < -0.3 is 19.7 Å². The van der Waals surface area contributed by atoms with Crippen LogP contribution < -0.4 is 15.6 Å². The fourth-order valence-corrected chi connectivity index (χ4v) is 3.54. The molecule has 2 rings (SSSR count). The highest BCUT2D eigenvalue weighted by atomic mass is 16.5. The van der Waals surface area contributed by atoms with E-state index in [4.69, 9.17) is 4.74 Å². The number of allylic oxidation sites excluding steroid dienone is 3. The molecule has 0 spiro atoms. The van der Waals surface area contributed by atoms with E-state index < -0.39 is 0 Å². The van der Waals surface area contributed by atoms with E-state index in [-0.39, 0.29) is 17.1 Å². The van der Waals surface area contributed by atoms with Crippen molar-refractivity contribution in [2.45, 2.75) is 79.7 Å². The average Bonchev–Trinajstić information content (AvgIpc) is 2.75. The number of rotatable bonds is 13. The van der Waals surface area contributed by atoms with Crippen LogP contribution in [0.2, 0.25) is 0 Å². The monoisotopic (exact) mass is 440 g/mol. The number of hydrogen-bond acceptors (Lipinski definition) is 4. The minimum absolute atomic E-state index is 0.0598. The van der Waals surface area contributed by atoms with Crippen molar-refractivity contribution < 1.29 is 9.84 Å². The molecule has 2 aromatic rings. The van der Waals surface area contributed by atoms with Gasteiger partial charge in [-0.25, -0.2) is 0 Å². The summed E-state index contributed by atoms with van der Waals surface area (Å²) in [5.41, 5.74) is 4.10. The van der Waals surface area contributed by atoms with Crippen LogP contribution in [0.5, 0.6) is 11.5 Å². The van der Waals surface area contributed by atoms with Gasteiger partial charge in [-0.3, -0.25) is 4.79 Å². The lowest BCUT2D eigenvalue weighted by atomic mass is 10.1. The van der Waals surface area contributed by atoms with Gasteiger partial charge in [0.05, 0.1) is 12.1 Å². The van der Waals surface area contributed by atoms with E-state index in [0.717, 1.165) is 56.3 Å². The lowest BCUT2D eigenvalue weighted by Gasteiger charge is -2.16. The van der Waals surface area contributed by atoms with Crippen molar-refractivity contribution in [1.82, 2.24) is 4.57 Å². The summed E-state index contributed by atoms with van der Waals surface area (Å²) < 4.78 is 7.44. The Hall–Kier alpha value is -2.69. The van der Waals surface area contributed by atoms with Crippen molar-refractivity contribution in [2.75, 3.05) is 18.5 Å². The maximum absolute atomic E-state index is 13.1. The van der Waals surface area contributed by atoms with Crippen molar-refractivity contribution in [2.24, 2.45) is 0 Å². The second kappa shape index (κ2) is 13.0. The zero-order valence-electron chi connectivity index (χ0n) is 20.5. The number of fused-ring (bicyclic) bond motifs is 1. The largest absolute Gasteiger partial charge is 0.504 e. The van der Waals surface area contributed by atoms with E-state index in [9.17, 15) is 9.90 Å². The molecule has 0 amide bonds. The molecule has 0 radical (unpaired) electrons. The molecule has 1 heterocycles. The summed E-state index contributed by atoms with van der Waals surface area (Å²) >= 11 is 0. The first-order valence-electron chi connectivity index (χ1n) is 11.9. The van der Waals surface area contributed by atoms with Crippen LogP contribution in [0.15, 0.2) is 46.3 Å². The molecule has 0 saturated carbocycles. The van der Waals surface area contributed by atoms with E-state index in [1.807, 2.05) is 18.2 Å². The number of nitrogens with one attached hydrogen (secondary N) is 1. The van der Waals surface area contributed by atoms with Gasteiger partial charge in [0.2, 0.25) is 5.75 Å². The zero-order chi connectivity index (χ0) is 23.5. The van der Waals surface area contributed by atoms with E-state index in [1.54, 1.807) is 4.57 Å². The molecule has 0 aliphatic carbocycles. The molecule has 176 valence electrons. The molecule has 32 heavy (non-hydrogen) atoms. The minimum Gasteiger partial charge on any atom is -0.504 e. The lowest BCUT2D eigenvalue weighted by Crippen LogP contribution is -2.23. The van der Waals surface area contributed by atoms with E-state index in [2.05, 4.69) is 52.1 Å². The predicted molar refractivity (Wildman–Crippen MR) is 136 cm³/mol. The Morgan fingerprint density at radius 3 is 2.56 bits per heavy atom. The summed E-state index contributed by atoms with van der Waals surface area (Å²) in [6.45, 7) is 12.3. The van der Waals surface area contributed by atoms with Crippen LogP contribution in [0, 0.1) is 0 Å². The first-order chi connectivity index (χ1) is 15.4. The quantitative estimate of drug-likeness (QED) is 0.266. The fraction of sp³-hybridized carbons (Fsp3) is 0.519.